The molecule has 18 heavy (non-hydrogen) atoms. The van der Waals surface area contributed by atoms with E-state index in [9.17, 15) is 0 Å². The molecule has 2 rings (SSSR count). The molecular weight excluding hydrogens is 268 g/mol. The molecule has 0 saturated heterocycles. The summed E-state index contributed by atoms with van der Waals surface area (Å²) in [6.45, 7) is 5.87. The van der Waals surface area contributed by atoms with Crippen LogP contribution in [-0.4, -0.2) is 20.2 Å². The summed E-state index contributed by atoms with van der Waals surface area (Å²) in [6, 6.07) is 0. The lowest BCUT2D eigenvalue weighted by molar-refractivity contribution is 0.870. The van der Waals surface area contributed by atoms with Gasteiger partial charge in [-0.25, -0.2) is 15.8 Å². The van der Waals surface area contributed by atoms with E-state index in [0.29, 0.717) is 5.82 Å². The molecule has 0 aliphatic rings. The van der Waals surface area contributed by atoms with E-state index in [2.05, 4.69) is 25.6 Å². The molecule has 96 valence electrons. The Morgan fingerprint density at radius 1 is 1.28 bits per heavy atom. The normalized spacial score (nSPS) is 10.7. The summed E-state index contributed by atoms with van der Waals surface area (Å²) in [6.07, 6.45) is 0.762. The van der Waals surface area contributed by atoms with Crippen molar-refractivity contribution in [2.24, 2.45) is 5.84 Å². The second-order valence-electron chi connectivity index (χ2n) is 3.61. The Balaban J connectivity index is 2.36. The molecule has 0 saturated carbocycles. The maximum Gasteiger partial charge on any atom is 0.180 e. The van der Waals surface area contributed by atoms with Crippen LogP contribution in [0.15, 0.2) is 9.37 Å². The second kappa shape index (κ2) is 5.59. The lowest BCUT2D eigenvalue weighted by Crippen LogP contribution is -2.13. The van der Waals surface area contributed by atoms with Crippen molar-refractivity contribution < 1.29 is 0 Å². The smallest absolute Gasteiger partial charge is 0.180 e. The molecule has 0 aliphatic heterocycles. The van der Waals surface area contributed by atoms with Gasteiger partial charge in [-0.3, -0.25) is 0 Å². The van der Waals surface area contributed by atoms with Crippen molar-refractivity contribution in [1.82, 2.24) is 20.2 Å². The first-order chi connectivity index (χ1) is 8.63. The molecule has 0 fully saturated rings. The fraction of sp³-hybridized carbons (Fsp3) is 0.400. The van der Waals surface area contributed by atoms with E-state index < -0.39 is 0 Å². The van der Waals surface area contributed by atoms with Crippen LogP contribution in [0.1, 0.15) is 23.3 Å². The molecule has 2 heterocycles. The SMILES string of the molecule is CCc1nc(NN)c(C)c(Sc2nnc(C)s2)n1. The van der Waals surface area contributed by atoms with Gasteiger partial charge in [0.25, 0.3) is 0 Å². The summed E-state index contributed by atoms with van der Waals surface area (Å²) in [4.78, 5) is 8.82. The highest BCUT2D eigenvalue weighted by molar-refractivity contribution is 8.01. The first-order valence-electron chi connectivity index (χ1n) is 5.46. The largest absolute Gasteiger partial charge is 0.308 e. The van der Waals surface area contributed by atoms with Crippen LogP contribution in [0.4, 0.5) is 5.82 Å². The van der Waals surface area contributed by atoms with Crippen LogP contribution in [0, 0.1) is 13.8 Å². The van der Waals surface area contributed by atoms with E-state index >= 15 is 0 Å². The Labute approximate surface area is 113 Å². The highest BCUT2D eigenvalue weighted by atomic mass is 32.2. The maximum atomic E-state index is 5.47. The minimum Gasteiger partial charge on any atom is -0.308 e. The van der Waals surface area contributed by atoms with Gasteiger partial charge >= 0.3 is 0 Å². The summed E-state index contributed by atoms with van der Waals surface area (Å²) >= 11 is 3.04. The second-order valence-corrected chi connectivity index (χ2v) is 6.02. The summed E-state index contributed by atoms with van der Waals surface area (Å²) < 4.78 is 0.874. The Kier molecular flexibility index (Phi) is 4.10. The van der Waals surface area contributed by atoms with E-state index in [1.807, 2.05) is 20.8 Å². The Bertz CT molecular complexity index is 553. The average Bonchev–Trinajstić information content (AvgIpc) is 2.77. The van der Waals surface area contributed by atoms with Crippen molar-refractivity contribution >= 4 is 28.9 Å². The molecule has 2 aromatic rings. The number of rotatable bonds is 4. The third kappa shape index (κ3) is 2.77. The predicted molar refractivity (Wildman–Crippen MR) is 72.7 cm³/mol. The number of hydrogen-bond donors (Lipinski definition) is 2. The van der Waals surface area contributed by atoms with Gasteiger partial charge in [-0.2, -0.15) is 0 Å². The van der Waals surface area contributed by atoms with Crippen molar-refractivity contribution in [3.63, 3.8) is 0 Å². The zero-order valence-corrected chi connectivity index (χ0v) is 12.0. The molecule has 3 N–H and O–H groups in total. The number of aromatic nitrogens is 4. The third-order valence-electron chi connectivity index (χ3n) is 2.29. The van der Waals surface area contributed by atoms with Gasteiger partial charge in [0.1, 0.15) is 21.7 Å². The maximum absolute atomic E-state index is 5.47. The van der Waals surface area contributed by atoms with Crippen LogP contribution >= 0.6 is 23.1 Å². The fourth-order valence-corrected chi connectivity index (χ4v) is 3.17. The number of nitrogens with one attached hydrogen (secondary N) is 1. The van der Waals surface area contributed by atoms with Crippen LogP contribution < -0.4 is 11.3 Å². The molecular formula is C10H14N6S2. The number of hydrazine groups is 1. The molecule has 0 aromatic carbocycles. The van der Waals surface area contributed by atoms with Gasteiger partial charge in [-0.05, 0) is 25.6 Å². The number of nitrogen functional groups attached to an aromatic ring is 1. The van der Waals surface area contributed by atoms with Gasteiger partial charge in [0.2, 0.25) is 0 Å². The van der Waals surface area contributed by atoms with Crippen molar-refractivity contribution in [2.75, 3.05) is 5.43 Å². The van der Waals surface area contributed by atoms with Gasteiger partial charge in [0.05, 0.1) is 0 Å². The first kappa shape index (κ1) is 13.2. The van der Waals surface area contributed by atoms with Crippen molar-refractivity contribution in [3.05, 3.63) is 16.4 Å². The molecule has 0 amide bonds. The minimum atomic E-state index is 0.658. The number of aryl methyl sites for hydroxylation is 2. The number of nitrogens with two attached hydrogens (primary N) is 1. The number of anilines is 1. The highest BCUT2D eigenvalue weighted by Gasteiger charge is 2.13. The van der Waals surface area contributed by atoms with Crippen molar-refractivity contribution in [3.8, 4) is 0 Å². The molecule has 2 aromatic heterocycles. The molecule has 6 nitrogen and oxygen atoms in total. The number of hydrogen-bond acceptors (Lipinski definition) is 8. The van der Waals surface area contributed by atoms with Crippen molar-refractivity contribution in [2.45, 2.75) is 36.6 Å². The van der Waals surface area contributed by atoms with Crippen LogP contribution in [0.25, 0.3) is 0 Å². The van der Waals surface area contributed by atoms with Crippen LogP contribution in [0.2, 0.25) is 0 Å². The van der Waals surface area contributed by atoms with Crippen LogP contribution in [0.5, 0.6) is 0 Å². The Morgan fingerprint density at radius 2 is 2.06 bits per heavy atom. The topological polar surface area (TPSA) is 89.6 Å². The average molecular weight is 282 g/mol. The van der Waals surface area contributed by atoms with E-state index in [4.69, 9.17) is 5.84 Å². The number of nitrogens with zero attached hydrogens (tertiary/aromatic N) is 4. The summed E-state index contributed by atoms with van der Waals surface area (Å²) in [5, 5.41) is 9.88. The predicted octanol–water partition coefficient (Wildman–Crippen LogP) is 1.94. The lowest BCUT2D eigenvalue weighted by atomic mass is 10.3. The minimum absolute atomic E-state index is 0.658. The third-order valence-corrected chi connectivity index (χ3v) is 4.27. The highest BCUT2D eigenvalue weighted by Crippen LogP contribution is 2.32. The standard InChI is InChI=1S/C10H14N6S2/c1-4-7-12-8(14-11)5(2)9(13-7)18-10-16-15-6(3)17-10/h4,11H2,1-3H3,(H,12,13,14). The summed E-state index contributed by atoms with van der Waals surface area (Å²) in [7, 11) is 0. The van der Waals surface area contributed by atoms with Gasteiger partial charge in [-0.15, -0.1) is 10.2 Å². The monoisotopic (exact) mass is 282 g/mol. The van der Waals surface area contributed by atoms with E-state index in [1.165, 1.54) is 11.8 Å². The molecule has 0 spiro atoms. The summed E-state index contributed by atoms with van der Waals surface area (Å²) in [5.41, 5.74) is 3.53. The summed E-state index contributed by atoms with van der Waals surface area (Å²) in [5.74, 6) is 6.89. The molecule has 8 heteroatoms. The van der Waals surface area contributed by atoms with Crippen LogP contribution in [-0.2, 0) is 6.42 Å². The first-order valence-corrected chi connectivity index (χ1v) is 7.09. The van der Waals surface area contributed by atoms with Gasteiger partial charge in [0, 0.05) is 12.0 Å². The van der Waals surface area contributed by atoms with E-state index in [-0.39, 0.29) is 0 Å². The van der Waals surface area contributed by atoms with E-state index in [0.717, 1.165) is 32.2 Å². The molecule has 0 bridgehead atoms. The lowest BCUT2D eigenvalue weighted by Gasteiger charge is -2.09. The Hall–Kier alpha value is -1.25. The molecule has 0 radical (unpaired) electrons. The quantitative estimate of drug-likeness (QED) is 0.503. The fourth-order valence-electron chi connectivity index (χ4n) is 1.34. The zero-order valence-electron chi connectivity index (χ0n) is 10.4. The van der Waals surface area contributed by atoms with Crippen molar-refractivity contribution in [1.29, 1.82) is 0 Å². The van der Waals surface area contributed by atoms with E-state index in [1.54, 1.807) is 11.3 Å². The molecule has 0 unspecified atom stereocenters. The van der Waals surface area contributed by atoms with Gasteiger partial charge in [0.15, 0.2) is 4.34 Å². The van der Waals surface area contributed by atoms with Gasteiger partial charge < -0.3 is 5.43 Å². The van der Waals surface area contributed by atoms with Crippen LogP contribution in [0.3, 0.4) is 0 Å². The molecule has 0 atom stereocenters. The molecule has 0 aliphatic carbocycles. The zero-order chi connectivity index (χ0) is 13.1. The Morgan fingerprint density at radius 3 is 2.61 bits per heavy atom. The van der Waals surface area contributed by atoms with Gasteiger partial charge in [-0.1, -0.05) is 18.3 Å².